The Morgan fingerprint density at radius 3 is 1.77 bits per heavy atom. The van der Waals surface area contributed by atoms with E-state index in [1.807, 2.05) is 0 Å². The van der Waals surface area contributed by atoms with Crippen LogP contribution in [0.1, 0.15) is 0 Å². The molecule has 0 saturated heterocycles. The molecule has 1 heterocycles. The van der Waals surface area contributed by atoms with Gasteiger partial charge < -0.3 is 9.47 Å². The fraction of sp³-hybridized carbons (Fsp3) is 0. The maximum Gasteiger partial charge on any atom is 0.0541 e. The van der Waals surface area contributed by atoms with E-state index in [1.165, 1.54) is 32.6 Å². The average Bonchev–Trinajstić information content (AvgIpc) is 3.40. The van der Waals surface area contributed by atoms with E-state index >= 15 is 0 Å². The second kappa shape index (κ2) is 10.6. The molecule has 204 valence electrons. The summed E-state index contributed by atoms with van der Waals surface area (Å²) in [7, 11) is 0. The molecular weight excluding hydrogens is 588 g/mol. The maximum absolute atomic E-state index is 3.84. The van der Waals surface area contributed by atoms with E-state index in [9.17, 15) is 0 Å². The molecule has 0 bridgehead atoms. The maximum atomic E-state index is 3.84. The molecule has 0 aliphatic rings. The van der Waals surface area contributed by atoms with Crippen molar-refractivity contribution in [3.8, 4) is 16.8 Å². The number of anilines is 3. The zero-order valence-electron chi connectivity index (χ0n) is 23.4. The van der Waals surface area contributed by atoms with Gasteiger partial charge in [0.25, 0.3) is 0 Å². The van der Waals surface area contributed by atoms with Gasteiger partial charge in [0.15, 0.2) is 0 Å². The van der Waals surface area contributed by atoms with Crippen LogP contribution in [0.2, 0.25) is 0 Å². The van der Waals surface area contributed by atoms with Crippen molar-refractivity contribution < 1.29 is 0 Å². The van der Waals surface area contributed by atoms with Crippen molar-refractivity contribution in [3.05, 3.63) is 168 Å². The number of para-hydroxylation sites is 3. The zero-order chi connectivity index (χ0) is 28.8. The third-order valence-electron chi connectivity index (χ3n) is 8.20. The van der Waals surface area contributed by atoms with Crippen molar-refractivity contribution in [3.63, 3.8) is 0 Å². The highest BCUT2D eigenvalue weighted by Crippen LogP contribution is 2.41. The Balaban J connectivity index is 1.25. The number of hydrogen-bond donors (Lipinski definition) is 0. The van der Waals surface area contributed by atoms with Gasteiger partial charge >= 0.3 is 0 Å². The molecule has 1 aromatic heterocycles. The van der Waals surface area contributed by atoms with Crippen LogP contribution in [-0.2, 0) is 0 Å². The van der Waals surface area contributed by atoms with E-state index in [2.05, 4.69) is 189 Å². The summed E-state index contributed by atoms with van der Waals surface area (Å²) in [6.07, 6.45) is 0. The van der Waals surface area contributed by atoms with Crippen LogP contribution in [0.15, 0.2) is 168 Å². The molecule has 0 atom stereocenters. The second-order valence-corrected chi connectivity index (χ2v) is 11.7. The van der Waals surface area contributed by atoms with Crippen molar-refractivity contribution >= 4 is 65.6 Å². The molecule has 0 aliphatic carbocycles. The van der Waals surface area contributed by atoms with Crippen LogP contribution in [0.4, 0.5) is 17.1 Å². The zero-order valence-corrected chi connectivity index (χ0v) is 24.9. The largest absolute Gasteiger partial charge is 0.310 e. The first kappa shape index (κ1) is 25.6. The summed E-state index contributed by atoms with van der Waals surface area (Å²) in [5.74, 6) is 0. The molecule has 8 aromatic rings. The van der Waals surface area contributed by atoms with Gasteiger partial charge in [-0.05, 0) is 77.2 Å². The molecule has 7 aromatic carbocycles. The number of halogens is 1. The Morgan fingerprint density at radius 2 is 1.05 bits per heavy atom. The predicted octanol–water partition coefficient (Wildman–Crippen LogP) is 11.8. The Morgan fingerprint density at radius 1 is 0.442 bits per heavy atom. The van der Waals surface area contributed by atoms with E-state index in [4.69, 9.17) is 0 Å². The molecule has 0 unspecified atom stereocenters. The lowest BCUT2D eigenvalue weighted by Crippen LogP contribution is -2.10. The Bertz CT molecular complexity index is 2190. The SMILES string of the molecule is Brc1cc(-c2ccc(-n3c4ccccc4c4ccccc43)cc2)cc(N(c2ccccc2)c2cccc3ccccc23)c1. The van der Waals surface area contributed by atoms with Crippen LogP contribution in [0.25, 0.3) is 49.4 Å². The van der Waals surface area contributed by atoms with Crippen LogP contribution in [0, 0.1) is 0 Å². The molecule has 2 nitrogen and oxygen atoms in total. The highest BCUT2D eigenvalue weighted by atomic mass is 79.9. The second-order valence-electron chi connectivity index (χ2n) is 10.8. The minimum atomic E-state index is 1.03. The standard InChI is InChI=1S/C40H27BrN2/c41-31-25-30(28-21-23-33(24-22-28)43-39-18-8-6-16-36(39)37-17-7-9-19-40(37)43)26-34(27-31)42(32-13-2-1-3-14-32)38-20-10-12-29-11-4-5-15-35(29)38/h1-27H. The summed E-state index contributed by atoms with van der Waals surface area (Å²) in [5, 5.41) is 4.98. The summed E-state index contributed by atoms with van der Waals surface area (Å²) in [4.78, 5) is 2.35. The lowest BCUT2D eigenvalue weighted by atomic mass is 10.0. The van der Waals surface area contributed by atoms with Crippen molar-refractivity contribution in [2.75, 3.05) is 4.90 Å². The van der Waals surface area contributed by atoms with Gasteiger partial charge in [-0.25, -0.2) is 0 Å². The first-order valence-electron chi connectivity index (χ1n) is 14.5. The fourth-order valence-corrected chi connectivity index (χ4v) is 6.76. The third-order valence-corrected chi connectivity index (χ3v) is 8.66. The minimum absolute atomic E-state index is 1.03. The number of rotatable bonds is 5. The number of aromatic nitrogens is 1. The molecule has 0 aliphatic heterocycles. The van der Waals surface area contributed by atoms with Gasteiger partial charge in [0.1, 0.15) is 0 Å². The number of fused-ring (bicyclic) bond motifs is 4. The summed E-state index contributed by atoms with van der Waals surface area (Å²) in [6, 6.07) is 58.6. The quantitative estimate of drug-likeness (QED) is 0.187. The summed E-state index contributed by atoms with van der Waals surface area (Å²) >= 11 is 3.84. The van der Waals surface area contributed by atoms with Gasteiger partial charge in [-0.15, -0.1) is 0 Å². The van der Waals surface area contributed by atoms with Crippen LogP contribution in [-0.4, -0.2) is 4.57 Å². The molecule has 3 heteroatoms. The molecule has 0 spiro atoms. The van der Waals surface area contributed by atoms with Gasteiger partial charge in [-0.2, -0.15) is 0 Å². The normalized spacial score (nSPS) is 11.4. The lowest BCUT2D eigenvalue weighted by Gasteiger charge is -2.27. The van der Waals surface area contributed by atoms with Gasteiger partial charge in [-0.3, -0.25) is 0 Å². The molecule has 0 fully saturated rings. The first-order chi connectivity index (χ1) is 21.2. The number of benzene rings is 7. The van der Waals surface area contributed by atoms with E-state index in [0.717, 1.165) is 38.3 Å². The van der Waals surface area contributed by atoms with Crippen LogP contribution >= 0.6 is 15.9 Å². The van der Waals surface area contributed by atoms with E-state index in [-0.39, 0.29) is 0 Å². The monoisotopic (exact) mass is 614 g/mol. The number of hydrogen-bond acceptors (Lipinski definition) is 1. The highest BCUT2D eigenvalue weighted by molar-refractivity contribution is 9.10. The molecule has 0 saturated carbocycles. The average molecular weight is 616 g/mol. The molecule has 0 N–H and O–H groups in total. The minimum Gasteiger partial charge on any atom is -0.310 e. The van der Waals surface area contributed by atoms with E-state index < -0.39 is 0 Å². The van der Waals surface area contributed by atoms with Gasteiger partial charge in [0, 0.05) is 37.7 Å². The summed E-state index contributed by atoms with van der Waals surface area (Å²) < 4.78 is 3.39. The topological polar surface area (TPSA) is 8.17 Å². The molecule has 0 amide bonds. The van der Waals surface area contributed by atoms with Crippen LogP contribution < -0.4 is 4.90 Å². The van der Waals surface area contributed by atoms with E-state index in [1.54, 1.807) is 0 Å². The van der Waals surface area contributed by atoms with Crippen molar-refractivity contribution in [2.45, 2.75) is 0 Å². The van der Waals surface area contributed by atoms with Crippen molar-refractivity contribution in [2.24, 2.45) is 0 Å². The first-order valence-corrected chi connectivity index (χ1v) is 15.3. The predicted molar refractivity (Wildman–Crippen MR) is 186 cm³/mol. The highest BCUT2D eigenvalue weighted by Gasteiger charge is 2.17. The Labute approximate surface area is 259 Å². The third kappa shape index (κ3) is 4.50. The lowest BCUT2D eigenvalue weighted by molar-refractivity contribution is 1.18. The fourth-order valence-electron chi connectivity index (χ4n) is 6.28. The summed E-state index contributed by atoms with van der Waals surface area (Å²) in [6.45, 7) is 0. The van der Waals surface area contributed by atoms with Crippen molar-refractivity contribution in [1.29, 1.82) is 0 Å². The summed E-state index contributed by atoms with van der Waals surface area (Å²) in [5.41, 5.74) is 9.26. The molecule has 0 radical (unpaired) electrons. The van der Waals surface area contributed by atoms with E-state index in [0.29, 0.717) is 0 Å². The van der Waals surface area contributed by atoms with Crippen molar-refractivity contribution in [1.82, 2.24) is 4.57 Å². The van der Waals surface area contributed by atoms with Crippen LogP contribution in [0.3, 0.4) is 0 Å². The number of nitrogens with zero attached hydrogens (tertiary/aromatic N) is 2. The Hall–Kier alpha value is -5.12. The van der Waals surface area contributed by atoms with Gasteiger partial charge in [-0.1, -0.05) is 119 Å². The molecule has 43 heavy (non-hydrogen) atoms. The Kier molecular flexibility index (Phi) is 6.31. The molecule has 8 rings (SSSR count). The molecular formula is C40H27BrN2. The van der Waals surface area contributed by atoms with Crippen LogP contribution in [0.5, 0.6) is 0 Å². The smallest absolute Gasteiger partial charge is 0.0541 e. The van der Waals surface area contributed by atoms with Gasteiger partial charge in [0.05, 0.1) is 16.7 Å². The van der Waals surface area contributed by atoms with Gasteiger partial charge in [0.2, 0.25) is 0 Å².